The molecule has 82 valence electrons. The van der Waals surface area contributed by atoms with Crippen molar-refractivity contribution in [2.75, 3.05) is 6.54 Å². The van der Waals surface area contributed by atoms with Gasteiger partial charge in [-0.2, -0.15) is 0 Å². The number of ketones is 1. The Morgan fingerprint density at radius 2 is 1.93 bits per heavy atom. The molecule has 0 bridgehead atoms. The largest absolute Gasteiger partial charge is 0.573 e. The van der Waals surface area contributed by atoms with Gasteiger partial charge in [-0.3, -0.25) is 4.79 Å². The van der Waals surface area contributed by atoms with Gasteiger partial charge in [0.2, 0.25) is 0 Å². The quantitative estimate of drug-likeness (QED) is 0.787. The summed E-state index contributed by atoms with van der Waals surface area (Å²) in [5.41, 5.74) is 4.88. The Morgan fingerprint density at radius 1 is 1.33 bits per heavy atom. The number of rotatable bonds is 3. The molecule has 0 radical (unpaired) electrons. The summed E-state index contributed by atoms with van der Waals surface area (Å²) < 4.78 is 39.5. The molecule has 1 rings (SSSR count). The van der Waals surface area contributed by atoms with Gasteiger partial charge in [-0.05, 0) is 12.1 Å². The second-order valence-electron chi connectivity index (χ2n) is 2.67. The van der Waals surface area contributed by atoms with Gasteiger partial charge in [0.15, 0.2) is 5.78 Å². The first-order chi connectivity index (χ1) is 6.94. The van der Waals surface area contributed by atoms with E-state index in [9.17, 15) is 18.0 Å². The summed E-state index contributed by atoms with van der Waals surface area (Å²) in [6, 6.07) is 5.08. The number of nitrogens with two attached hydrogens (primary N) is 1. The van der Waals surface area contributed by atoms with Crippen molar-refractivity contribution >= 4 is 5.78 Å². The van der Waals surface area contributed by atoms with Gasteiger partial charge in [0.25, 0.3) is 0 Å². The molecule has 0 amide bonds. The van der Waals surface area contributed by atoms with Crippen molar-refractivity contribution in [3.05, 3.63) is 29.8 Å². The third kappa shape index (κ3) is 3.25. The second kappa shape index (κ2) is 4.31. The van der Waals surface area contributed by atoms with E-state index in [4.69, 9.17) is 5.73 Å². The molecule has 1 aromatic carbocycles. The lowest BCUT2D eigenvalue weighted by Gasteiger charge is -2.11. The van der Waals surface area contributed by atoms with Crippen LogP contribution in [0.3, 0.4) is 0 Å². The Hall–Kier alpha value is -1.56. The average Bonchev–Trinajstić information content (AvgIpc) is 2.15. The number of alkyl halides is 3. The van der Waals surface area contributed by atoms with Crippen molar-refractivity contribution < 1.29 is 22.7 Å². The fourth-order valence-corrected chi connectivity index (χ4v) is 1.02. The van der Waals surface area contributed by atoms with Crippen LogP contribution in [0.5, 0.6) is 5.75 Å². The van der Waals surface area contributed by atoms with Crippen molar-refractivity contribution in [1.82, 2.24) is 0 Å². The van der Waals surface area contributed by atoms with Crippen LogP contribution in [0.2, 0.25) is 0 Å². The van der Waals surface area contributed by atoms with Gasteiger partial charge < -0.3 is 10.5 Å². The van der Waals surface area contributed by atoms with Crippen LogP contribution in [0, 0.1) is 0 Å². The molecule has 0 saturated heterocycles. The van der Waals surface area contributed by atoms with Gasteiger partial charge in [-0.25, -0.2) is 0 Å². The minimum atomic E-state index is -4.81. The van der Waals surface area contributed by atoms with Crippen LogP contribution in [-0.2, 0) is 0 Å². The number of halogens is 3. The number of ether oxygens (including phenoxy) is 1. The molecule has 0 atom stereocenters. The average molecular weight is 219 g/mol. The van der Waals surface area contributed by atoms with Crippen LogP contribution in [0.1, 0.15) is 10.4 Å². The molecular weight excluding hydrogens is 211 g/mol. The molecule has 0 unspecified atom stereocenters. The van der Waals surface area contributed by atoms with Gasteiger partial charge in [0.1, 0.15) is 5.75 Å². The van der Waals surface area contributed by atoms with Crippen LogP contribution in [0.25, 0.3) is 0 Å². The highest BCUT2D eigenvalue weighted by Gasteiger charge is 2.32. The van der Waals surface area contributed by atoms with E-state index < -0.39 is 17.9 Å². The summed E-state index contributed by atoms with van der Waals surface area (Å²) in [6.45, 7) is -0.363. The molecule has 0 heterocycles. The minimum absolute atomic E-state index is 0.169. The predicted octanol–water partition coefficient (Wildman–Crippen LogP) is 1.73. The minimum Gasteiger partial charge on any atom is -0.405 e. The van der Waals surface area contributed by atoms with Gasteiger partial charge in [0, 0.05) is 0 Å². The zero-order valence-electron chi connectivity index (χ0n) is 7.54. The van der Waals surface area contributed by atoms with E-state index >= 15 is 0 Å². The number of hydrogen-bond acceptors (Lipinski definition) is 3. The number of benzene rings is 1. The summed E-state index contributed by atoms with van der Waals surface area (Å²) in [7, 11) is 0. The summed E-state index contributed by atoms with van der Waals surface area (Å²) in [6.07, 6.45) is -4.81. The number of para-hydroxylation sites is 1. The lowest BCUT2D eigenvalue weighted by Crippen LogP contribution is -2.21. The highest BCUT2D eigenvalue weighted by Crippen LogP contribution is 2.26. The van der Waals surface area contributed by atoms with Gasteiger partial charge >= 0.3 is 6.36 Å². The molecule has 2 N–H and O–H groups in total. The van der Waals surface area contributed by atoms with E-state index in [-0.39, 0.29) is 12.1 Å². The van der Waals surface area contributed by atoms with Crippen molar-refractivity contribution in [2.45, 2.75) is 6.36 Å². The van der Waals surface area contributed by atoms with Crippen LogP contribution in [0.15, 0.2) is 24.3 Å². The Balaban J connectivity index is 3.02. The number of carbonyl (C=O) groups is 1. The van der Waals surface area contributed by atoms with Crippen molar-refractivity contribution in [3.63, 3.8) is 0 Å². The molecule has 0 fully saturated rings. The van der Waals surface area contributed by atoms with E-state index in [0.717, 1.165) is 6.07 Å². The van der Waals surface area contributed by atoms with Crippen LogP contribution in [0.4, 0.5) is 13.2 Å². The third-order valence-electron chi connectivity index (χ3n) is 1.60. The summed E-state index contributed by atoms with van der Waals surface area (Å²) >= 11 is 0. The highest BCUT2D eigenvalue weighted by molar-refractivity contribution is 5.99. The summed E-state index contributed by atoms with van der Waals surface area (Å²) in [5.74, 6) is -1.13. The van der Waals surface area contributed by atoms with Gasteiger partial charge in [0.05, 0.1) is 12.1 Å². The molecule has 0 spiro atoms. The maximum Gasteiger partial charge on any atom is 0.573 e. The molecule has 0 aliphatic carbocycles. The zero-order chi connectivity index (χ0) is 11.5. The molecule has 6 heteroatoms. The Morgan fingerprint density at radius 3 is 2.47 bits per heavy atom. The Bertz CT molecular complexity index is 363. The standard InChI is InChI=1S/C9H8F3NO2/c10-9(11,12)15-8-4-2-1-3-6(8)7(14)5-13/h1-4H,5,13H2. The number of Topliss-reactive ketones (excluding diaryl/α,β-unsaturated/α-hetero) is 1. The van der Waals surface area contributed by atoms with Crippen LogP contribution >= 0.6 is 0 Å². The Labute approximate surface area is 83.6 Å². The van der Waals surface area contributed by atoms with Crippen LogP contribution in [-0.4, -0.2) is 18.7 Å². The predicted molar refractivity (Wildman–Crippen MR) is 46.5 cm³/mol. The molecule has 1 aromatic rings. The molecule has 0 aliphatic rings. The van der Waals surface area contributed by atoms with Crippen molar-refractivity contribution in [2.24, 2.45) is 5.73 Å². The van der Waals surface area contributed by atoms with Gasteiger partial charge in [-0.1, -0.05) is 12.1 Å². The molecule has 0 saturated carbocycles. The highest BCUT2D eigenvalue weighted by atomic mass is 19.4. The van der Waals surface area contributed by atoms with Gasteiger partial charge in [-0.15, -0.1) is 13.2 Å². The maximum atomic E-state index is 11.9. The summed E-state index contributed by atoms with van der Waals surface area (Å²) in [4.78, 5) is 11.1. The smallest absolute Gasteiger partial charge is 0.405 e. The first kappa shape index (κ1) is 11.5. The van der Waals surface area contributed by atoms with Crippen molar-refractivity contribution in [3.8, 4) is 5.75 Å². The SMILES string of the molecule is NCC(=O)c1ccccc1OC(F)(F)F. The first-order valence-corrected chi connectivity index (χ1v) is 4.02. The van der Waals surface area contributed by atoms with E-state index in [1.54, 1.807) is 0 Å². The van der Waals surface area contributed by atoms with E-state index in [1.807, 2.05) is 0 Å². The monoisotopic (exact) mass is 219 g/mol. The normalized spacial score (nSPS) is 11.2. The van der Waals surface area contributed by atoms with E-state index in [2.05, 4.69) is 4.74 Å². The fraction of sp³-hybridized carbons (Fsp3) is 0.222. The van der Waals surface area contributed by atoms with E-state index in [1.165, 1.54) is 18.2 Å². The number of hydrogen-bond donors (Lipinski definition) is 1. The topological polar surface area (TPSA) is 52.3 Å². The number of carbonyl (C=O) groups excluding carboxylic acids is 1. The fourth-order valence-electron chi connectivity index (χ4n) is 1.02. The molecule has 0 aromatic heterocycles. The van der Waals surface area contributed by atoms with Crippen LogP contribution < -0.4 is 10.5 Å². The lowest BCUT2D eigenvalue weighted by molar-refractivity contribution is -0.274. The third-order valence-corrected chi connectivity index (χ3v) is 1.60. The van der Waals surface area contributed by atoms with E-state index in [0.29, 0.717) is 0 Å². The summed E-state index contributed by atoms with van der Waals surface area (Å²) in [5, 5.41) is 0. The molecule has 3 nitrogen and oxygen atoms in total. The molecule has 15 heavy (non-hydrogen) atoms. The molecular formula is C9H8F3NO2. The maximum absolute atomic E-state index is 11.9. The lowest BCUT2D eigenvalue weighted by atomic mass is 10.1. The zero-order valence-corrected chi connectivity index (χ0v) is 7.54. The Kier molecular flexibility index (Phi) is 3.31. The molecule has 0 aliphatic heterocycles. The first-order valence-electron chi connectivity index (χ1n) is 4.02. The second-order valence-corrected chi connectivity index (χ2v) is 2.67. The van der Waals surface area contributed by atoms with Crippen molar-refractivity contribution in [1.29, 1.82) is 0 Å².